The third kappa shape index (κ3) is 4.68. The van der Waals surface area contributed by atoms with Crippen molar-refractivity contribution in [3.05, 3.63) is 39.4 Å². The molecule has 0 atom stereocenters. The smallest absolute Gasteiger partial charge is 0.273 e. The SMILES string of the molecule is CCC(N)(CC)CNC(=O)c1cccc([N+](=O)[O-])c1C.Cl. The van der Waals surface area contributed by atoms with Crippen molar-refractivity contribution in [2.75, 3.05) is 6.54 Å². The molecule has 0 bridgehead atoms. The minimum Gasteiger partial charge on any atom is -0.350 e. The predicted molar refractivity (Wildman–Crippen MR) is 84.9 cm³/mol. The quantitative estimate of drug-likeness (QED) is 0.622. The van der Waals surface area contributed by atoms with Gasteiger partial charge in [0.1, 0.15) is 0 Å². The Morgan fingerprint density at radius 1 is 1.38 bits per heavy atom. The lowest BCUT2D eigenvalue weighted by Crippen LogP contribution is -2.49. The van der Waals surface area contributed by atoms with Crippen LogP contribution in [0.4, 0.5) is 5.69 Å². The van der Waals surface area contributed by atoms with E-state index in [9.17, 15) is 14.9 Å². The second-order valence-electron chi connectivity index (χ2n) is 4.96. The molecule has 21 heavy (non-hydrogen) atoms. The summed E-state index contributed by atoms with van der Waals surface area (Å²) >= 11 is 0. The van der Waals surface area contributed by atoms with Crippen LogP contribution >= 0.6 is 12.4 Å². The maximum atomic E-state index is 12.1. The minimum atomic E-state index is -0.489. The van der Waals surface area contributed by atoms with E-state index in [-0.39, 0.29) is 24.0 Å². The van der Waals surface area contributed by atoms with Gasteiger partial charge in [0.05, 0.1) is 4.92 Å². The van der Waals surface area contributed by atoms with Crippen LogP contribution < -0.4 is 11.1 Å². The Hall–Kier alpha value is -1.66. The molecule has 7 heteroatoms. The average Bonchev–Trinajstić information content (AvgIpc) is 2.44. The molecule has 1 aromatic carbocycles. The van der Waals surface area contributed by atoms with Gasteiger partial charge in [0, 0.05) is 29.3 Å². The van der Waals surface area contributed by atoms with Crippen molar-refractivity contribution < 1.29 is 9.72 Å². The Morgan fingerprint density at radius 3 is 2.43 bits per heavy atom. The number of hydrogen-bond acceptors (Lipinski definition) is 4. The molecular weight excluding hydrogens is 294 g/mol. The van der Waals surface area contributed by atoms with Crippen LogP contribution in [-0.2, 0) is 0 Å². The summed E-state index contributed by atoms with van der Waals surface area (Å²) in [6.07, 6.45) is 1.50. The summed E-state index contributed by atoms with van der Waals surface area (Å²) in [6.45, 7) is 5.85. The van der Waals surface area contributed by atoms with Crippen LogP contribution in [0.25, 0.3) is 0 Å². The van der Waals surface area contributed by atoms with Gasteiger partial charge in [-0.15, -0.1) is 12.4 Å². The number of nitrogens with two attached hydrogens (primary N) is 1. The van der Waals surface area contributed by atoms with E-state index in [1.807, 2.05) is 13.8 Å². The predicted octanol–water partition coefficient (Wildman–Crippen LogP) is 2.57. The van der Waals surface area contributed by atoms with Crippen molar-refractivity contribution in [2.24, 2.45) is 5.73 Å². The zero-order valence-electron chi connectivity index (χ0n) is 12.5. The van der Waals surface area contributed by atoms with E-state index in [4.69, 9.17) is 5.73 Å². The Morgan fingerprint density at radius 2 is 1.95 bits per heavy atom. The molecule has 0 spiro atoms. The van der Waals surface area contributed by atoms with Crippen molar-refractivity contribution in [1.82, 2.24) is 5.32 Å². The molecule has 0 unspecified atom stereocenters. The third-order valence-corrected chi connectivity index (χ3v) is 3.76. The van der Waals surface area contributed by atoms with Gasteiger partial charge >= 0.3 is 0 Å². The molecule has 0 radical (unpaired) electrons. The minimum absolute atomic E-state index is 0. The first-order chi connectivity index (χ1) is 9.34. The Labute approximate surface area is 130 Å². The summed E-state index contributed by atoms with van der Waals surface area (Å²) in [6, 6.07) is 4.47. The van der Waals surface area contributed by atoms with Crippen molar-refractivity contribution in [3.8, 4) is 0 Å². The second kappa shape index (κ2) is 7.95. The van der Waals surface area contributed by atoms with E-state index < -0.39 is 10.5 Å². The van der Waals surface area contributed by atoms with E-state index in [2.05, 4.69) is 5.32 Å². The first kappa shape index (κ1) is 19.3. The molecule has 118 valence electrons. The zero-order valence-corrected chi connectivity index (χ0v) is 13.3. The van der Waals surface area contributed by atoms with Crippen LogP contribution in [0.5, 0.6) is 0 Å². The standard InChI is InChI=1S/C14H21N3O3.ClH/c1-4-14(15,5-2)9-16-13(18)11-7-6-8-12(10(11)3)17(19)20;/h6-8H,4-5,9,15H2,1-3H3,(H,16,18);1H. The molecular formula is C14H22ClN3O3. The molecule has 0 saturated heterocycles. The number of nitrogens with zero attached hydrogens (tertiary/aromatic N) is 1. The molecule has 6 nitrogen and oxygen atoms in total. The number of nitro groups is 1. The third-order valence-electron chi connectivity index (χ3n) is 3.76. The highest BCUT2D eigenvalue weighted by atomic mass is 35.5. The lowest BCUT2D eigenvalue weighted by atomic mass is 9.94. The van der Waals surface area contributed by atoms with Crippen LogP contribution in [0.2, 0.25) is 0 Å². The molecule has 1 rings (SSSR count). The molecule has 1 amide bonds. The average molecular weight is 316 g/mol. The molecule has 1 aromatic rings. The van der Waals surface area contributed by atoms with Gasteiger partial charge in [-0.3, -0.25) is 14.9 Å². The van der Waals surface area contributed by atoms with Crippen LogP contribution in [0.3, 0.4) is 0 Å². The number of nitro benzene ring substituents is 1. The summed E-state index contributed by atoms with van der Waals surface area (Å²) in [7, 11) is 0. The van der Waals surface area contributed by atoms with Gasteiger partial charge in [0.25, 0.3) is 11.6 Å². The molecule has 0 aliphatic heterocycles. The summed E-state index contributed by atoms with van der Waals surface area (Å²) in [5, 5.41) is 13.6. The van der Waals surface area contributed by atoms with Gasteiger partial charge in [0.2, 0.25) is 0 Å². The number of amides is 1. The van der Waals surface area contributed by atoms with Crippen molar-refractivity contribution >= 4 is 24.0 Å². The maximum absolute atomic E-state index is 12.1. The fourth-order valence-electron chi connectivity index (χ4n) is 1.92. The van der Waals surface area contributed by atoms with Gasteiger partial charge in [-0.2, -0.15) is 0 Å². The van der Waals surface area contributed by atoms with Gasteiger partial charge in [0.15, 0.2) is 0 Å². The lowest BCUT2D eigenvalue weighted by Gasteiger charge is -2.26. The van der Waals surface area contributed by atoms with Gasteiger partial charge in [-0.1, -0.05) is 19.9 Å². The van der Waals surface area contributed by atoms with Crippen LogP contribution in [-0.4, -0.2) is 22.9 Å². The van der Waals surface area contributed by atoms with Crippen molar-refractivity contribution in [3.63, 3.8) is 0 Å². The molecule has 0 fully saturated rings. The second-order valence-corrected chi connectivity index (χ2v) is 4.96. The zero-order chi connectivity index (χ0) is 15.3. The van der Waals surface area contributed by atoms with Crippen LogP contribution in [0.15, 0.2) is 18.2 Å². The van der Waals surface area contributed by atoms with E-state index >= 15 is 0 Å². The molecule has 0 heterocycles. The molecule has 0 aromatic heterocycles. The number of halogens is 1. The molecule has 0 aliphatic carbocycles. The summed E-state index contributed by atoms with van der Waals surface area (Å²) in [4.78, 5) is 22.5. The Balaban J connectivity index is 0.00000400. The lowest BCUT2D eigenvalue weighted by molar-refractivity contribution is -0.385. The Kier molecular flexibility index (Phi) is 7.32. The fraction of sp³-hybridized carbons (Fsp3) is 0.500. The first-order valence-corrected chi connectivity index (χ1v) is 6.65. The number of benzene rings is 1. The molecule has 3 N–H and O–H groups in total. The highest BCUT2D eigenvalue weighted by molar-refractivity contribution is 5.96. The highest BCUT2D eigenvalue weighted by Crippen LogP contribution is 2.21. The van der Waals surface area contributed by atoms with Gasteiger partial charge in [-0.05, 0) is 25.8 Å². The molecule has 0 saturated carbocycles. The van der Waals surface area contributed by atoms with E-state index in [1.165, 1.54) is 12.1 Å². The normalized spacial score (nSPS) is 10.7. The van der Waals surface area contributed by atoms with Crippen molar-refractivity contribution in [2.45, 2.75) is 39.2 Å². The number of rotatable bonds is 6. The number of nitrogens with one attached hydrogen (secondary N) is 1. The summed E-state index contributed by atoms with van der Waals surface area (Å²) in [5.41, 5.74) is 6.30. The van der Waals surface area contributed by atoms with Gasteiger partial charge < -0.3 is 11.1 Å². The first-order valence-electron chi connectivity index (χ1n) is 6.65. The van der Waals surface area contributed by atoms with Crippen molar-refractivity contribution in [1.29, 1.82) is 0 Å². The summed E-state index contributed by atoms with van der Waals surface area (Å²) < 4.78 is 0. The van der Waals surface area contributed by atoms with E-state index in [0.717, 1.165) is 12.8 Å². The monoisotopic (exact) mass is 315 g/mol. The summed E-state index contributed by atoms with van der Waals surface area (Å²) in [5.74, 6) is -0.331. The maximum Gasteiger partial charge on any atom is 0.273 e. The number of carbonyl (C=O) groups excluding carboxylic acids is 1. The van der Waals surface area contributed by atoms with Gasteiger partial charge in [-0.25, -0.2) is 0 Å². The highest BCUT2D eigenvalue weighted by Gasteiger charge is 2.23. The van der Waals surface area contributed by atoms with Crippen LogP contribution in [0, 0.1) is 17.0 Å². The van der Waals surface area contributed by atoms with Crippen LogP contribution in [0.1, 0.15) is 42.6 Å². The fourth-order valence-corrected chi connectivity index (χ4v) is 1.92. The topological polar surface area (TPSA) is 98.3 Å². The number of carbonyl (C=O) groups is 1. The largest absolute Gasteiger partial charge is 0.350 e. The van der Waals surface area contributed by atoms with E-state index in [0.29, 0.717) is 17.7 Å². The number of hydrogen-bond donors (Lipinski definition) is 2. The van der Waals surface area contributed by atoms with E-state index in [1.54, 1.807) is 13.0 Å². The Bertz CT molecular complexity index is 516. The molecule has 0 aliphatic rings.